The van der Waals surface area contributed by atoms with E-state index in [1.165, 1.54) is 0 Å². The van der Waals surface area contributed by atoms with Crippen LogP contribution in [0, 0.1) is 13.8 Å². The third-order valence-electron chi connectivity index (χ3n) is 5.52. The standard InChI is InChI=1S/C21H24N6O2/c1-13-20(14(2)25-24-13)21(29)23-16-5-7-17(8-6-16)27-19(28)10-9-18(26-27)15-4-3-11-22-12-15/h3-4,9-12,16-17H,5-8H2,1-2H3,(H,23,29)(H,24,25). The Morgan fingerprint density at radius 1 is 1.17 bits per heavy atom. The molecule has 8 heteroatoms. The number of aromatic amines is 1. The smallest absolute Gasteiger partial charge is 0.267 e. The van der Waals surface area contributed by atoms with Crippen LogP contribution < -0.4 is 10.9 Å². The molecule has 1 fully saturated rings. The van der Waals surface area contributed by atoms with E-state index in [-0.39, 0.29) is 23.6 Å². The molecule has 2 N–H and O–H groups in total. The Bertz CT molecular complexity index is 1040. The summed E-state index contributed by atoms with van der Waals surface area (Å²) >= 11 is 0. The first kappa shape index (κ1) is 19.0. The highest BCUT2D eigenvalue weighted by atomic mass is 16.2. The number of carbonyl (C=O) groups is 1. The molecule has 29 heavy (non-hydrogen) atoms. The molecule has 3 aromatic rings. The molecule has 0 aromatic carbocycles. The molecule has 0 aliphatic heterocycles. The minimum absolute atomic E-state index is 0.0321. The number of rotatable bonds is 4. The molecule has 0 spiro atoms. The molecular weight excluding hydrogens is 368 g/mol. The van der Waals surface area contributed by atoms with E-state index in [0.717, 1.165) is 42.6 Å². The summed E-state index contributed by atoms with van der Waals surface area (Å²) in [6.45, 7) is 3.67. The van der Waals surface area contributed by atoms with E-state index in [4.69, 9.17) is 0 Å². The van der Waals surface area contributed by atoms with Gasteiger partial charge in [0, 0.05) is 35.8 Å². The lowest BCUT2D eigenvalue weighted by atomic mass is 9.91. The van der Waals surface area contributed by atoms with Crippen molar-refractivity contribution >= 4 is 5.91 Å². The number of nitrogens with one attached hydrogen (secondary N) is 2. The first-order valence-corrected chi connectivity index (χ1v) is 9.85. The van der Waals surface area contributed by atoms with Gasteiger partial charge >= 0.3 is 0 Å². The van der Waals surface area contributed by atoms with Crippen molar-refractivity contribution in [3.63, 3.8) is 0 Å². The average Bonchev–Trinajstić information content (AvgIpc) is 3.08. The van der Waals surface area contributed by atoms with E-state index < -0.39 is 0 Å². The van der Waals surface area contributed by atoms with Gasteiger partial charge in [-0.25, -0.2) is 4.68 Å². The Kier molecular flexibility index (Phi) is 5.24. The highest BCUT2D eigenvalue weighted by Gasteiger charge is 2.26. The lowest BCUT2D eigenvalue weighted by Crippen LogP contribution is -2.39. The van der Waals surface area contributed by atoms with Crippen molar-refractivity contribution in [2.24, 2.45) is 0 Å². The van der Waals surface area contributed by atoms with Crippen LogP contribution in [0.3, 0.4) is 0 Å². The maximum atomic E-state index is 12.6. The van der Waals surface area contributed by atoms with Crippen LogP contribution in [0.15, 0.2) is 41.5 Å². The fraction of sp³-hybridized carbons (Fsp3) is 0.381. The van der Waals surface area contributed by atoms with Crippen molar-refractivity contribution in [2.75, 3.05) is 0 Å². The SMILES string of the molecule is Cc1n[nH]c(C)c1C(=O)NC1CCC(n2nc(-c3cccnc3)ccc2=O)CC1. The molecule has 1 aliphatic carbocycles. The number of aryl methyl sites for hydroxylation is 2. The lowest BCUT2D eigenvalue weighted by Gasteiger charge is -2.29. The summed E-state index contributed by atoms with van der Waals surface area (Å²) in [5.41, 5.74) is 3.62. The van der Waals surface area contributed by atoms with Gasteiger partial charge < -0.3 is 5.32 Å². The summed E-state index contributed by atoms with van der Waals surface area (Å²) in [6, 6.07) is 7.19. The molecule has 1 saturated carbocycles. The van der Waals surface area contributed by atoms with Gasteiger partial charge in [0.1, 0.15) is 0 Å². The molecule has 0 unspecified atom stereocenters. The molecule has 4 rings (SSSR count). The highest BCUT2D eigenvalue weighted by Crippen LogP contribution is 2.28. The fourth-order valence-electron chi connectivity index (χ4n) is 3.96. The zero-order valence-corrected chi connectivity index (χ0v) is 16.6. The summed E-state index contributed by atoms with van der Waals surface area (Å²) in [6.07, 6.45) is 6.63. The van der Waals surface area contributed by atoms with Crippen LogP contribution in [-0.2, 0) is 0 Å². The van der Waals surface area contributed by atoms with Crippen molar-refractivity contribution in [1.82, 2.24) is 30.3 Å². The second-order valence-corrected chi connectivity index (χ2v) is 7.53. The van der Waals surface area contributed by atoms with E-state index in [1.54, 1.807) is 29.2 Å². The minimum atomic E-state index is -0.102. The third-order valence-corrected chi connectivity index (χ3v) is 5.52. The largest absolute Gasteiger partial charge is 0.349 e. The normalized spacial score (nSPS) is 19.1. The van der Waals surface area contributed by atoms with Gasteiger partial charge in [0.25, 0.3) is 11.5 Å². The van der Waals surface area contributed by atoms with Gasteiger partial charge in [-0.2, -0.15) is 10.2 Å². The van der Waals surface area contributed by atoms with Crippen LogP contribution in [0.25, 0.3) is 11.3 Å². The number of aromatic nitrogens is 5. The summed E-state index contributed by atoms with van der Waals surface area (Å²) in [4.78, 5) is 29.1. The van der Waals surface area contributed by atoms with Gasteiger partial charge in [-0.15, -0.1) is 0 Å². The monoisotopic (exact) mass is 392 g/mol. The van der Waals surface area contributed by atoms with Gasteiger partial charge in [-0.1, -0.05) is 0 Å². The van der Waals surface area contributed by atoms with Crippen molar-refractivity contribution in [1.29, 1.82) is 0 Å². The molecule has 150 valence electrons. The van der Waals surface area contributed by atoms with E-state index in [2.05, 4.69) is 25.6 Å². The number of carbonyl (C=O) groups excluding carboxylic acids is 1. The van der Waals surface area contributed by atoms with Crippen LogP contribution in [0.5, 0.6) is 0 Å². The van der Waals surface area contributed by atoms with Crippen LogP contribution >= 0.6 is 0 Å². The molecular formula is C21H24N6O2. The number of hydrogen-bond acceptors (Lipinski definition) is 5. The Morgan fingerprint density at radius 3 is 2.62 bits per heavy atom. The Balaban J connectivity index is 1.43. The van der Waals surface area contributed by atoms with Crippen LogP contribution in [0.1, 0.15) is 53.5 Å². The number of H-pyrrole nitrogens is 1. The van der Waals surface area contributed by atoms with Crippen molar-refractivity contribution in [3.8, 4) is 11.3 Å². The van der Waals surface area contributed by atoms with Crippen LogP contribution in [0.4, 0.5) is 0 Å². The topological polar surface area (TPSA) is 106 Å². The van der Waals surface area contributed by atoms with Gasteiger partial charge in [-0.3, -0.25) is 19.7 Å². The summed E-state index contributed by atoms with van der Waals surface area (Å²) in [7, 11) is 0. The van der Waals surface area contributed by atoms with Crippen molar-refractivity contribution < 1.29 is 4.79 Å². The summed E-state index contributed by atoms with van der Waals surface area (Å²) in [5.74, 6) is -0.0916. The minimum Gasteiger partial charge on any atom is -0.349 e. The van der Waals surface area contributed by atoms with Gasteiger partial charge in [0.05, 0.1) is 23.0 Å². The van der Waals surface area contributed by atoms with Gasteiger partial charge in [-0.05, 0) is 57.7 Å². The molecule has 3 aromatic heterocycles. The van der Waals surface area contributed by atoms with E-state index in [1.807, 2.05) is 26.0 Å². The summed E-state index contributed by atoms with van der Waals surface area (Å²) in [5, 5.41) is 14.6. The van der Waals surface area contributed by atoms with Crippen molar-refractivity contribution in [2.45, 2.75) is 51.6 Å². The zero-order chi connectivity index (χ0) is 20.4. The second kappa shape index (κ2) is 7.98. The predicted octanol–water partition coefficient (Wildman–Crippen LogP) is 2.56. The summed E-state index contributed by atoms with van der Waals surface area (Å²) < 4.78 is 1.59. The average molecular weight is 392 g/mol. The van der Waals surface area contributed by atoms with E-state index >= 15 is 0 Å². The van der Waals surface area contributed by atoms with Crippen LogP contribution in [-0.4, -0.2) is 36.9 Å². The quantitative estimate of drug-likeness (QED) is 0.710. The van der Waals surface area contributed by atoms with Gasteiger partial charge in [0.15, 0.2) is 0 Å². The Morgan fingerprint density at radius 2 is 1.97 bits per heavy atom. The Hall–Kier alpha value is -3.29. The molecule has 1 amide bonds. The second-order valence-electron chi connectivity index (χ2n) is 7.53. The number of pyridine rings is 1. The zero-order valence-electron chi connectivity index (χ0n) is 16.6. The number of hydrogen-bond donors (Lipinski definition) is 2. The Labute approximate surface area is 168 Å². The first-order valence-electron chi connectivity index (χ1n) is 9.85. The lowest BCUT2D eigenvalue weighted by molar-refractivity contribution is 0.0920. The van der Waals surface area contributed by atoms with Crippen molar-refractivity contribution in [3.05, 3.63) is 64.0 Å². The molecule has 0 radical (unpaired) electrons. The molecule has 8 nitrogen and oxygen atoms in total. The number of amides is 1. The van der Waals surface area contributed by atoms with E-state index in [9.17, 15) is 9.59 Å². The maximum absolute atomic E-state index is 12.6. The molecule has 1 aliphatic rings. The third kappa shape index (κ3) is 3.96. The van der Waals surface area contributed by atoms with E-state index in [0.29, 0.717) is 11.3 Å². The molecule has 0 bridgehead atoms. The fourth-order valence-corrected chi connectivity index (χ4v) is 3.96. The number of nitrogens with zero attached hydrogens (tertiary/aromatic N) is 4. The van der Waals surface area contributed by atoms with Gasteiger partial charge in [0.2, 0.25) is 0 Å². The molecule has 3 heterocycles. The molecule has 0 atom stereocenters. The first-order chi connectivity index (χ1) is 14.0. The van der Waals surface area contributed by atoms with Crippen LogP contribution in [0.2, 0.25) is 0 Å². The predicted molar refractivity (Wildman–Crippen MR) is 109 cm³/mol. The highest BCUT2D eigenvalue weighted by molar-refractivity contribution is 5.96. The maximum Gasteiger partial charge on any atom is 0.267 e. The molecule has 0 saturated heterocycles.